The van der Waals surface area contributed by atoms with Crippen molar-refractivity contribution in [3.63, 3.8) is 0 Å². The standard InChI is InChI=1S/C15H18N2O4/c16-15(19)11-4-2-6-17(8-11)13(18)7-10-3-1-5-12-14(10)21-9-20-12/h1,3,5,11H,2,4,6-9H2,(H2,16,19)/t11-/m0/s1. The topological polar surface area (TPSA) is 81.9 Å². The minimum absolute atomic E-state index is 0.00940. The molecule has 0 bridgehead atoms. The van der Waals surface area contributed by atoms with E-state index in [2.05, 4.69) is 0 Å². The molecule has 6 heteroatoms. The third-order valence-corrected chi connectivity index (χ3v) is 4.00. The van der Waals surface area contributed by atoms with Crippen molar-refractivity contribution in [2.45, 2.75) is 19.3 Å². The molecular formula is C15H18N2O4. The molecule has 2 aliphatic heterocycles. The van der Waals surface area contributed by atoms with E-state index in [1.165, 1.54) is 0 Å². The third kappa shape index (κ3) is 2.79. The van der Waals surface area contributed by atoms with Crippen molar-refractivity contribution in [2.75, 3.05) is 19.9 Å². The van der Waals surface area contributed by atoms with Crippen molar-refractivity contribution in [2.24, 2.45) is 11.7 Å². The SMILES string of the molecule is NC(=O)[C@H]1CCCN(C(=O)Cc2cccc3c2OCO3)C1. The van der Waals surface area contributed by atoms with Crippen LogP contribution >= 0.6 is 0 Å². The summed E-state index contributed by atoms with van der Waals surface area (Å²) < 4.78 is 10.7. The number of nitrogens with zero attached hydrogens (tertiary/aromatic N) is 1. The van der Waals surface area contributed by atoms with Gasteiger partial charge in [0.25, 0.3) is 0 Å². The van der Waals surface area contributed by atoms with Gasteiger partial charge in [0.2, 0.25) is 18.6 Å². The number of rotatable bonds is 3. The van der Waals surface area contributed by atoms with Crippen LogP contribution in [-0.4, -0.2) is 36.6 Å². The summed E-state index contributed by atoms with van der Waals surface area (Å²) in [6.07, 6.45) is 1.82. The molecule has 6 nitrogen and oxygen atoms in total. The number of para-hydroxylation sites is 1. The maximum Gasteiger partial charge on any atom is 0.231 e. The zero-order chi connectivity index (χ0) is 14.8. The second kappa shape index (κ2) is 5.63. The number of hydrogen-bond acceptors (Lipinski definition) is 4. The summed E-state index contributed by atoms with van der Waals surface area (Å²) in [7, 11) is 0. The van der Waals surface area contributed by atoms with Crippen LogP contribution in [0.25, 0.3) is 0 Å². The molecular weight excluding hydrogens is 272 g/mol. The fourth-order valence-electron chi connectivity index (χ4n) is 2.84. The van der Waals surface area contributed by atoms with E-state index in [1.54, 1.807) is 4.90 Å². The van der Waals surface area contributed by atoms with Crippen LogP contribution in [0.15, 0.2) is 18.2 Å². The van der Waals surface area contributed by atoms with Gasteiger partial charge < -0.3 is 20.1 Å². The highest BCUT2D eigenvalue weighted by atomic mass is 16.7. The van der Waals surface area contributed by atoms with Gasteiger partial charge in [0, 0.05) is 18.7 Å². The van der Waals surface area contributed by atoms with Crippen molar-refractivity contribution in [1.82, 2.24) is 4.90 Å². The fourth-order valence-corrected chi connectivity index (χ4v) is 2.84. The van der Waals surface area contributed by atoms with Crippen molar-refractivity contribution in [3.05, 3.63) is 23.8 Å². The second-order valence-electron chi connectivity index (χ2n) is 5.41. The van der Waals surface area contributed by atoms with Gasteiger partial charge in [0.05, 0.1) is 12.3 Å². The van der Waals surface area contributed by atoms with Crippen molar-refractivity contribution >= 4 is 11.8 Å². The number of carbonyl (C=O) groups is 2. The van der Waals surface area contributed by atoms with Gasteiger partial charge in [-0.2, -0.15) is 0 Å². The fraction of sp³-hybridized carbons (Fsp3) is 0.467. The zero-order valence-corrected chi connectivity index (χ0v) is 11.7. The highest BCUT2D eigenvalue weighted by Crippen LogP contribution is 2.35. The number of benzene rings is 1. The molecule has 0 unspecified atom stereocenters. The number of carbonyl (C=O) groups excluding carboxylic acids is 2. The summed E-state index contributed by atoms with van der Waals surface area (Å²) in [4.78, 5) is 25.4. The summed E-state index contributed by atoms with van der Waals surface area (Å²) in [5.41, 5.74) is 6.16. The van der Waals surface area contributed by atoms with Gasteiger partial charge in [0.1, 0.15) is 0 Å². The molecule has 1 aromatic rings. The molecule has 21 heavy (non-hydrogen) atoms. The molecule has 1 saturated heterocycles. The number of nitrogens with two attached hydrogens (primary N) is 1. The minimum Gasteiger partial charge on any atom is -0.454 e. The summed E-state index contributed by atoms with van der Waals surface area (Å²) in [6, 6.07) is 5.53. The Morgan fingerprint density at radius 2 is 2.19 bits per heavy atom. The molecule has 0 saturated carbocycles. The first-order valence-electron chi connectivity index (χ1n) is 7.09. The molecule has 2 N–H and O–H groups in total. The number of primary amides is 1. The zero-order valence-electron chi connectivity index (χ0n) is 11.7. The van der Waals surface area contributed by atoms with E-state index >= 15 is 0 Å². The van der Waals surface area contributed by atoms with Crippen LogP contribution in [0.4, 0.5) is 0 Å². The quantitative estimate of drug-likeness (QED) is 0.887. The number of fused-ring (bicyclic) bond motifs is 1. The summed E-state index contributed by atoms with van der Waals surface area (Å²) >= 11 is 0. The molecule has 0 aromatic heterocycles. The average molecular weight is 290 g/mol. The Morgan fingerprint density at radius 1 is 1.33 bits per heavy atom. The molecule has 1 atom stereocenters. The average Bonchev–Trinajstić information content (AvgIpc) is 2.97. The lowest BCUT2D eigenvalue weighted by Gasteiger charge is -2.31. The van der Waals surface area contributed by atoms with Crippen molar-refractivity contribution in [1.29, 1.82) is 0 Å². The molecule has 112 valence electrons. The van der Waals surface area contributed by atoms with Gasteiger partial charge in [-0.15, -0.1) is 0 Å². The monoisotopic (exact) mass is 290 g/mol. The lowest BCUT2D eigenvalue weighted by atomic mass is 9.97. The van der Waals surface area contributed by atoms with Crippen LogP contribution in [0.1, 0.15) is 18.4 Å². The van der Waals surface area contributed by atoms with Gasteiger partial charge in [-0.1, -0.05) is 12.1 Å². The van der Waals surface area contributed by atoms with E-state index in [-0.39, 0.29) is 30.9 Å². The predicted octanol–water partition coefficient (Wildman–Crippen LogP) is 0.682. The predicted molar refractivity (Wildman–Crippen MR) is 74.8 cm³/mol. The van der Waals surface area contributed by atoms with E-state index in [1.807, 2.05) is 18.2 Å². The Kier molecular flexibility index (Phi) is 3.68. The third-order valence-electron chi connectivity index (χ3n) is 4.00. The largest absolute Gasteiger partial charge is 0.454 e. The second-order valence-corrected chi connectivity index (χ2v) is 5.41. The highest BCUT2D eigenvalue weighted by Gasteiger charge is 2.28. The first kappa shape index (κ1) is 13.7. The van der Waals surface area contributed by atoms with Crippen molar-refractivity contribution in [3.8, 4) is 11.5 Å². The summed E-state index contributed by atoms with van der Waals surface area (Å²) in [5.74, 6) is 0.752. The highest BCUT2D eigenvalue weighted by molar-refractivity contribution is 5.82. The normalized spacial score (nSPS) is 20.4. The molecule has 0 aliphatic carbocycles. The molecule has 0 radical (unpaired) electrons. The van der Waals surface area contributed by atoms with E-state index < -0.39 is 0 Å². The first-order chi connectivity index (χ1) is 10.1. The molecule has 1 aromatic carbocycles. The maximum absolute atomic E-state index is 12.4. The Balaban J connectivity index is 1.69. The van der Waals surface area contributed by atoms with Gasteiger partial charge in [-0.3, -0.25) is 9.59 Å². The number of ether oxygens (including phenoxy) is 2. The van der Waals surface area contributed by atoms with E-state index in [0.29, 0.717) is 24.6 Å². The lowest BCUT2D eigenvalue weighted by molar-refractivity contribution is -0.134. The Hall–Kier alpha value is -2.24. The summed E-state index contributed by atoms with van der Waals surface area (Å²) in [5, 5.41) is 0. The lowest BCUT2D eigenvalue weighted by Crippen LogP contribution is -2.44. The number of likely N-dealkylation sites (tertiary alicyclic amines) is 1. The van der Waals surface area contributed by atoms with Crippen LogP contribution in [0.5, 0.6) is 11.5 Å². The van der Waals surface area contributed by atoms with Crippen LogP contribution in [-0.2, 0) is 16.0 Å². The number of hydrogen-bond donors (Lipinski definition) is 1. The van der Waals surface area contributed by atoms with Gasteiger partial charge >= 0.3 is 0 Å². The van der Waals surface area contributed by atoms with Gasteiger partial charge in [0.15, 0.2) is 11.5 Å². The first-order valence-corrected chi connectivity index (χ1v) is 7.09. The molecule has 1 fully saturated rings. The van der Waals surface area contributed by atoms with Crippen LogP contribution in [0.2, 0.25) is 0 Å². The molecule has 2 heterocycles. The Labute approximate surface area is 122 Å². The maximum atomic E-state index is 12.4. The van der Waals surface area contributed by atoms with E-state index in [0.717, 1.165) is 18.4 Å². The smallest absolute Gasteiger partial charge is 0.231 e. The number of amides is 2. The van der Waals surface area contributed by atoms with E-state index in [4.69, 9.17) is 15.2 Å². The van der Waals surface area contributed by atoms with E-state index in [9.17, 15) is 9.59 Å². The van der Waals surface area contributed by atoms with Gasteiger partial charge in [-0.05, 0) is 18.9 Å². The molecule has 3 rings (SSSR count). The molecule has 2 amide bonds. The molecule has 0 spiro atoms. The van der Waals surface area contributed by atoms with Gasteiger partial charge in [-0.25, -0.2) is 0 Å². The van der Waals surface area contributed by atoms with Crippen LogP contribution in [0, 0.1) is 5.92 Å². The van der Waals surface area contributed by atoms with Crippen molar-refractivity contribution < 1.29 is 19.1 Å². The Morgan fingerprint density at radius 3 is 3.00 bits per heavy atom. The summed E-state index contributed by atoms with van der Waals surface area (Å²) in [6.45, 7) is 1.28. The number of piperidine rings is 1. The van der Waals surface area contributed by atoms with Crippen LogP contribution < -0.4 is 15.2 Å². The van der Waals surface area contributed by atoms with Crippen LogP contribution in [0.3, 0.4) is 0 Å². The molecule has 2 aliphatic rings. The Bertz CT molecular complexity index is 573. The minimum atomic E-state index is -0.329.